The smallest absolute Gasteiger partial charge is 0.264 e. The normalized spacial score (nSPS) is 12.0. The molecule has 0 heterocycles. The summed E-state index contributed by atoms with van der Waals surface area (Å²) >= 11 is 12.5. The fraction of sp³-hybridized carbons (Fsp3) is 0.257. The average Bonchev–Trinajstić information content (AvgIpc) is 3.02. The van der Waals surface area contributed by atoms with Crippen molar-refractivity contribution in [2.24, 2.45) is 5.92 Å². The fourth-order valence-electron chi connectivity index (χ4n) is 4.84. The van der Waals surface area contributed by atoms with E-state index in [9.17, 15) is 18.0 Å². The van der Waals surface area contributed by atoms with Crippen molar-refractivity contribution in [1.29, 1.82) is 0 Å². The molecule has 10 heteroatoms. The van der Waals surface area contributed by atoms with E-state index in [4.69, 9.17) is 23.2 Å². The van der Waals surface area contributed by atoms with Crippen molar-refractivity contribution in [3.8, 4) is 0 Å². The van der Waals surface area contributed by atoms with Gasteiger partial charge in [0.1, 0.15) is 12.6 Å². The molecule has 4 aromatic rings. The summed E-state index contributed by atoms with van der Waals surface area (Å²) in [5.41, 5.74) is 2.66. The maximum atomic E-state index is 14.5. The molecule has 0 radical (unpaired) electrons. The summed E-state index contributed by atoms with van der Waals surface area (Å²) in [5, 5.41) is 3.64. The molecule has 0 fully saturated rings. The molecule has 0 aromatic heterocycles. The SMILES string of the molecule is Cc1cccc(N(CC(=O)N(Cc2ccc(Cl)c(Cl)c2)C(Cc2ccccc2)C(=O)NCC(C)C)S(=O)(=O)c2ccccc2)c1. The van der Waals surface area contributed by atoms with Gasteiger partial charge in [0.05, 0.1) is 20.6 Å². The van der Waals surface area contributed by atoms with Crippen LogP contribution in [0.25, 0.3) is 0 Å². The first-order valence-corrected chi connectivity index (χ1v) is 16.8. The largest absolute Gasteiger partial charge is 0.354 e. The number of benzene rings is 4. The van der Waals surface area contributed by atoms with Crippen LogP contribution in [0.2, 0.25) is 10.0 Å². The summed E-state index contributed by atoms with van der Waals surface area (Å²) in [5.74, 6) is -0.713. The molecular weight excluding hydrogens is 629 g/mol. The highest BCUT2D eigenvalue weighted by molar-refractivity contribution is 7.92. The standard InChI is InChI=1S/C35H37Cl2N3O4S/c1-25(2)22-38-35(42)33(21-27-12-6-4-7-13-27)39(23-28-17-18-31(36)32(37)20-28)34(41)24-40(29-14-10-11-26(3)19-29)45(43,44)30-15-8-5-9-16-30/h4-20,25,33H,21-24H2,1-3H3,(H,38,42). The van der Waals surface area contributed by atoms with Gasteiger partial charge in [0.2, 0.25) is 11.8 Å². The van der Waals surface area contributed by atoms with E-state index in [-0.39, 0.29) is 29.7 Å². The van der Waals surface area contributed by atoms with E-state index >= 15 is 0 Å². The molecule has 7 nitrogen and oxygen atoms in total. The molecule has 1 atom stereocenters. The van der Waals surface area contributed by atoms with Crippen LogP contribution in [0.1, 0.15) is 30.5 Å². The van der Waals surface area contributed by atoms with Crippen LogP contribution in [0.3, 0.4) is 0 Å². The Kier molecular flexibility index (Phi) is 11.7. The van der Waals surface area contributed by atoms with Gasteiger partial charge in [-0.15, -0.1) is 0 Å². The van der Waals surface area contributed by atoms with E-state index < -0.39 is 28.5 Å². The lowest BCUT2D eigenvalue weighted by Crippen LogP contribution is -2.53. The summed E-state index contributed by atoms with van der Waals surface area (Å²) in [6.45, 7) is 5.69. The first-order valence-electron chi connectivity index (χ1n) is 14.6. The average molecular weight is 667 g/mol. The third kappa shape index (κ3) is 9.10. The number of sulfonamides is 1. The molecule has 4 rings (SSSR count). The van der Waals surface area contributed by atoms with Gasteiger partial charge in [-0.2, -0.15) is 0 Å². The Hall–Kier alpha value is -3.85. The number of amides is 2. The Morgan fingerprint density at radius 1 is 0.800 bits per heavy atom. The third-order valence-electron chi connectivity index (χ3n) is 7.19. The lowest BCUT2D eigenvalue weighted by molar-refractivity contribution is -0.140. The number of rotatable bonds is 13. The van der Waals surface area contributed by atoms with Crippen LogP contribution < -0.4 is 9.62 Å². The van der Waals surface area contributed by atoms with Gasteiger partial charge in [0.25, 0.3) is 10.0 Å². The van der Waals surface area contributed by atoms with Crippen molar-refractivity contribution in [3.05, 3.63) is 130 Å². The zero-order chi connectivity index (χ0) is 32.6. The number of nitrogens with one attached hydrogen (secondary N) is 1. The van der Waals surface area contributed by atoms with E-state index in [0.29, 0.717) is 27.8 Å². The predicted octanol–water partition coefficient (Wildman–Crippen LogP) is 6.91. The molecule has 0 spiro atoms. The van der Waals surface area contributed by atoms with E-state index in [1.54, 1.807) is 54.6 Å². The number of halogens is 2. The highest BCUT2D eigenvalue weighted by Gasteiger charge is 2.34. The van der Waals surface area contributed by atoms with Crippen molar-refractivity contribution >= 4 is 50.7 Å². The van der Waals surface area contributed by atoms with Crippen molar-refractivity contribution in [2.75, 3.05) is 17.4 Å². The Morgan fingerprint density at radius 2 is 1.47 bits per heavy atom. The van der Waals surface area contributed by atoms with Gasteiger partial charge in [-0.05, 0) is 65.9 Å². The number of anilines is 1. The number of hydrogen-bond donors (Lipinski definition) is 1. The highest BCUT2D eigenvalue weighted by Crippen LogP contribution is 2.27. The first kappa shape index (κ1) is 34.0. The number of nitrogens with zero attached hydrogens (tertiary/aromatic N) is 2. The molecule has 0 aliphatic carbocycles. The fourth-order valence-corrected chi connectivity index (χ4v) is 6.59. The second kappa shape index (κ2) is 15.4. The minimum absolute atomic E-state index is 0.00460. The van der Waals surface area contributed by atoms with E-state index in [1.165, 1.54) is 17.0 Å². The number of hydrogen-bond acceptors (Lipinski definition) is 4. The Balaban J connectivity index is 1.81. The van der Waals surface area contributed by atoms with Gasteiger partial charge in [0.15, 0.2) is 0 Å². The number of carbonyl (C=O) groups excluding carboxylic acids is 2. The van der Waals surface area contributed by atoms with Crippen LogP contribution >= 0.6 is 23.2 Å². The lowest BCUT2D eigenvalue weighted by atomic mass is 10.0. The Bertz CT molecular complexity index is 1720. The maximum absolute atomic E-state index is 14.5. The van der Waals surface area contributed by atoms with Gasteiger partial charge < -0.3 is 10.2 Å². The minimum Gasteiger partial charge on any atom is -0.354 e. The molecule has 45 heavy (non-hydrogen) atoms. The lowest BCUT2D eigenvalue weighted by Gasteiger charge is -2.34. The zero-order valence-electron chi connectivity index (χ0n) is 25.5. The summed E-state index contributed by atoms with van der Waals surface area (Å²) in [7, 11) is -4.16. The summed E-state index contributed by atoms with van der Waals surface area (Å²) in [6, 6.07) is 28.4. The van der Waals surface area contributed by atoms with Crippen molar-refractivity contribution in [3.63, 3.8) is 0 Å². The number of aryl methyl sites for hydroxylation is 1. The van der Waals surface area contributed by atoms with Crippen LogP contribution in [0, 0.1) is 12.8 Å². The summed E-state index contributed by atoms with van der Waals surface area (Å²) in [6.07, 6.45) is 0.216. The molecule has 0 bridgehead atoms. The monoisotopic (exact) mass is 665 g/mol. The second-order valence-electron chi connectivity index (χ2n) is 11.3. The molecule has 0 aliphatic rings. The van der Waals surface area contributed by atoms with Gasteiger partial charge in [-0.1, -0.05) is 104 Å². The maximum Gasteiger partial charge on any atom is 0.264 e. The van der Waals surface area contributed by atoms with Gasteiger partial charge in [-0.3, -0.25) is 13.9 Å². The topological polar surface area (TPSA) is 86.8 Å². The van der Waals surface area contributed by atoms with Gasteiger partial charge >= 0.3 is 0 Å². The van der Waals surface area contributed by atoms with Crippen LogP contribution in [0.5, 0.6) is 0 Å². The number of carbonyl (C=O) groups is 2. The van der Waals surface area contributed by atoms with Crippen LogP contribution in [0.4, 0.5) is 5.69 Å². The molecule has 0 saturated carbocycles. The predicted molar refractivity (Wildman–Crippen MR) is 181 cm³/mol. The molecule has 4 aromatic carbocycles. The van der Waals surface area contributed by atoms with Crippen molar-refractivity contribution in [1.82, 2.24) is 10.2 Å². The zero-order valence-corrected chi connectivity index (χ0v) is 27.8. The van der Waals surface area contributed by atoms with E-state index in [1.807, 2.05) is 57.2 Å². The summed E-state index contributed by atoms with van der Waals surface area (Å²) in [4.78, 5) is 29.8. The molecule has 2 amide bonds. The molecular formula is C35H37Cl2N3O4S. The van der Waals surface area contributed by atoms with E-state index in [0.717, 1.165) is 15.4 Å². The summed E-state index contributed by atoms with van der Waals surface area (Å²) < 4.78 is 29.2. The van der Waals surface area contributed by atoms with Crippen LogP contribution in [-0.4, -0.2) is 44.3 Å². The highest BCUT2D eigenvalue weighted by atomic mass is 35.5. The third-order valence-corrected chi connectivity index (χ3v) is 9.72. The molecule has 1 unspecified atom stereocenters. The van der Waals surface area contributed by atoms with Crippen molar-refractivity contribution in [2.45, 2.75) is 44.7 Å². The minimum atomic E-state index is -4.16. The van der Waals surface area contributed by atoms with Crippen LogP contribution in [-0.2, 0) is 32.6 Å². The first-order chi connectivity index (χ1) is 21.5. The molecule has 236 valence electrons. The molecule has 0 saturated heterocycles. The van der Waals surface area contributed by atoms with Gasteiger partial charge in [0, 0.05) is 19.5 Å². The van der Waals surface area contributed by atoms with Gasteiger partial charge in [-0.25, -0.2) is 8.42 Å². The molecule has 1 N–H and O–H groups in total. The van der Waals surface area contributed by atoms with Crippen LogP contribution in [0.15, 0.2) is 108 Å². The van der Waals surface area contributed by atoms with Crippen molar-refractivity contribution < 1.29 is 18.0 Å². The Morgan fingerprint density at radius 3 is 2.09 bits per heavy atom. The Labute approximate surface area is 275 Å². The second-order valence-corrected chi connectivity index (χ2v) is 14.0. The quantitative estimate of drug-likeness (QED) is 0.168. The molecule has 0 aliphatic heterocycles. The van der Waals surface area contributed by atoms with E-state index in [2.05, 4.69) is 5.32 Å².